The minimum Gasteiger partial charge on any atom is -0.759 e. The summed E-state index contributed by atoms with van der Waals surface area (Å²) in [5.74, 6) is 0.620. The zero-order valence-electron chi connectivity index (χ0n) is 8.50. The molecule has 0 amide bonds. The van der Waals surface area contributed by atoms with Gasteiger partial charge in [-0.05, 0) is 25.3 Å². The van der Waals surface area contributed by atoms with Crippen molar-refractivity contribution < 1.29 is 49.5 Å². The third-order valence-corrected chi connectivity index (χ3v) is 2.02. The van der Waals surface area contributed by atoms with Crippen LogP contribution in [-0.2, 0) is 31.5 Å². The minimum atomic E-state index is -5.17. The molecule has 1 aliphatic rings. The summed E-state index contributed by atoms with van der Waals surface area (Å²) in [7, 11) is -5.17. The van der Waals surface area contributed by atoms with Gasteiger partial charge in [0.2, 0.25) is 0 Å². The van der Waals surface area contributed by atoms with Gasteiger partial charge in [-0.15, -0.1) is 0 Å². The maximum atomic E-state index is 8.52. The van der Waals surface area contributed by atoms with Crippen molar-refractivity contribution in [3.05, 3.63) is 0 Å². The van der Waals surface area contributed by atoms with Gasteiger partial charge in [-0.1, -0.05) is 6.42 Å². The van der Waals surface area contributed by atoms with Gasteiger partial charge < -0.3 is 31.5 Å². The van der Waals surface area contributed by atoms with Crippen LogP contribution >= 0.6 is 0 Å². The van der Waals surface area contributed by atoms with Crippen molar-refractivity contribution in [1.29, 1.82) is 0 Å². The molecule has 0 radical (unpaired) electrons. The van der Waals surface area contributed by atoms with E-state index in [1.807, 2.05) is 0 Å². The van der Waals surface area contributed by atoms with Crippen LogP contribution in [0.15, 0.2) is 0 Å². The standard InChI is InChI=1S/C6H14N2.H2O4S.2H2O.Pt/c7-4-5-2-1-3-6(5)8;1-5(2,3)4;;;/h5-6H,1-4,7-8H2;(H2,1,2,3,4);2*1H2;/q;;;;+2/p-2. The first-order chi connectivity index (χ1) is 5.84. The zero-order valence-corrected chi connectivity index (χ0v) is 11.6. The van der Waals surface area contributed by atoms with Gasteiger partial charge in [0, 0.05) is 16.4 Å². The van der Waals surface area contributed by atoms with Crippen molar-refractivity contribution in [2.45, 2.75) is 25.3 Å². The molecule has 1 fully saturated rings. The molecule has 0 aromatic rings. The Bertz CT molecular complexity index is 229. The zero-order chi connectivity index (χ0) is 10.5. The van der Waals surface area contributed by atoms with Gasteiger partial charge in [0.15, 0.2) is 0 Å². The largest absolute Gasteiger partial charge is 2.00 e. The van der Waals surface area contributed by atoms with Crippen molar-refractivity contribution in [2.75, 3.05) is 6.54 Å². The Hall–Kier alpha value is 0.398. The average Bonchev–Trinajstić information content (AvgIpc) is 2.31. The quantitative estimate of drug-likeness (QED) is 0.323. The Morgan fingerprint density at radius 1 is 1.19 bits per heavy atom. The van der Waals surface area contributed by atoms with Gasteiger partial charge in [0.05, 0.1) is 0 Å². The molecule has 0 heterocycles. The molecule has 0 saturated heterocycles. The fraction of sp³-hybridized carbons (Fsp3) is 1.00. The Morgan fingerprint density at radius 3 is 1.69 bits per heavy atom. The van der Waals surface area contributed by atoms with Crippen LogP contribution in [0.3, 0.4) is 0 Å². The van der Waals surface area contributed by atoms with Gasteiger partial charge >= 0.3 is 21.1 Å². The second kappa shape index (κ2) is 11.9. The molecule has 2 unspecified atom stereocenters. The molecule has 1 rings (SSSR count). The molecule has 1 saturated carbocycles. The van der Waals surface area contributed by atoms with Crippen molar-refractivity contribution in [3.8, 4) is 0 Å². The molecule has 8 N–H and O–H groups in total. The molecular weight excluding hydrogens is 423 g/mol. The smallest absolute Gasteiger partial charge is 0.759 e. The maximum absolute atomic E-state index is 8.52. The van der Waals surface area contributed by atoms with Crippen LogP contribution in [0.5, 0.6) is 0 Å². The van der Waals surface area contributed by atoms with Gasteiger partial charge in [-0.3, -0.25) is 8.42 Å². The molecule has 0 aliphatic heterocycles. The Kier molecular flexibility index (Phi) is 18.8. The molecule has 104 valence electrons. The van der Waals surface area contributed by atoms with Crippen LogP contribution in [0.4, 0.5) is 0 Å². The molecule has 16 heavy (non-hydrogen) atoms. The molecule has 0 spiro atoms. The predicted molar refractivity (Wildman–Crippen MR) is 52.1 cm³/mol. The van der Waals surface area contributed by atoms with E-state index in [1.54, 1.807) is 0 Å². The molecule has 0 aromatic heterocycles. The molecule has 0 bridgehead atoms. The van der Waals surface area contributed by atoms with E-state index in [9.17, 15) is 0 Å². The van der Waals surface area contributed by atoms with E-state index in [4.69, 9.17) is 29.0 Å². The van der Waals surface area contributed by atoms with E-state index in [-0.39, 0.29) is 32.0 Å². The number of nitrogens with two attached hydrogens (primary N) is 2. The first kappa shape index (κ1) is 25.3. The van der Waals surface area contributed by atoms with Crippen molar-refractivity contribution in [3.63, 3.8) is 0 Å². The molecule has 10 heteroatoms. The Morgan fingerprint density at radius 2 is 1.56 bits per heavy atom. The van der Waals surface area contributed by atoms with Crippen LogP contribution in [0.2, 0.25) is 0 Å². The summed E-state index contributed by atoms with van der Waals surface area (Å²) in [6, 6.07) is 0.403. The predicted octanol–water partition coefficient (Wildman–Crippen LogP) is -2.92. The summed E-state index contributed by atoms with van der Waals surface area (Å²) >= 11 is 0. The fourth-order valence-electron chi connectivity index (χ4n) is 1.36. The maximum Gasteiger partial charge on any atom is 2.00 e. The monoisotopic (exact) mass is 441 g/mol. The molecule has 0 aromatic carbocycles. The third-order valence-electron chi connectivity index (χ3n) is 2.02. The van der Waals surface area contributed by atoms with E-state index < -0.39 is 10.4 Å². The van der Waals surface area contributed by atoms with E-state index >= 15 is 0 Å². The Balaban J connectivity index is -0.0000000818. The van der Waals surface area contributed by atoms with Crippen molar-refractivity contribution >= 4 is 10.4 Å². The normalized spacial score (nSPS) is 22.8. The Labute approximate surface area is 109 Å². The van der Waals surface area contributed by atoms with Crippen LogP contribution < -0.4 is 11.5 Å². The summed E-state index contributed by atoms with van der Waals surface area (Å²) in [6.07, 6.45) is 3.71. The van der Waals surface area contributed by atoms with E-state index in [0.29, 0.717) is 12.0 Å². The molecular formula is C6H18N2O6PtS. The second-order valence-corrected chi connectivity index (χ2v) is 3.82. The summed E-state index contributed by atoms with van der Waals surface area (Å²) in [6.45, 7) is 0.779. The molecule has 8 nitrogen and oxygen atoms in total. The van der Waals surface area contributed by atoms with Crippen LogP contribution in [0.25, 0.3) is 0 Å². The summed E-state index contributed by atoms with van der Waals surface area (Å²) in [5, 5.41) is 0. The average molecular weight is 441 g/mol. The van der Waals surface area contributed by atoms with Gasteiger partial charge in [-0.25, -0.2) is 0 Å². The number of hydrogen-bond donors (Lipinski definition) is 2. The summed E-state index contributed by atoms with van der Waals surface area (Å²) < 4.78 is 34.1. The van der Waals surface area contributed by atoms with Crippen molar-refractivity contribution in [1.82, 2.24) is 0 Å². The minimum absolute atomic E-state index is 0. The topological polar surface area (TPSA) is 195 Å². The summed E-state index contributed by atoms with van der Waals surface area (Å²) in [4.78, 5) is 0. The van der Waals surface area contributed by atoms with Gasteiger partial charge in [0.25, 0.3) is 0 Å². The molecule has 2 atom stereocenters. The summed E-state index contributed by atoms with van der Waals surface area (Å²) in [5.41, 5.74) is 11.2. The van der Waals surface area contributed by atoms with E-state index in [0.717, 1.165) is 6.54 Å². The fourth-order valence-corrected chi connectivity index (χ4v) is 1.36. The number of hydrogen-bond acceptors (Lipinski definition) is 6. The van der Waals surface area contributed by atoms with Crippen LogP contribution in [0.1, 0.15) is 19.3 Å². The van der Waals surface area contributed by atoms with E-state index in [2.05, 4.69) is 0 Å². The van der Waals surface area contributed by atoms with E-state index in [1.165, 1.54) is 19.3 Å². The number of rotatable bonds is 1. The van der Waals surface area contributed by atoms with Crippen LogP contribution in [-0.4, -0.2) is 41.1 Å². The van der Waals surface area contributed by atoms with Gasteiger partial charge in [0.1, 0.15) is 0 Å². The SMILES string of the molecule is NCC1CCCC1N.O.O.O=S(=O)([O-])[O-].[Pt+2]. The first-order valence-electron chi connectivity index (χ1n) is 3.97. The molecule has 1 aliphatic carbocycles. The van der Waals surface area contributed by atoms with Gasteiger partial charge in [-0.2, -0.15) is 0 Å². The van der Waals surface area contributed by atoms with Crippen LogP contribution in [0, 0.1) is 5.92 Å². The van der Waals surface area contributed by atoms with Crippen molar-refractivity contribution in [2.24, 2.45) is 17.4 Å². The second-order valence-electron chi connectivity index (χ2n) is 3.00. The third kappa shape index (κ3) is 16.8. The first-order valence-corrected chi connectivity index (χ1v) is 5.30.